The summed E-state index contributed by atoms with van der Waals surface area (Å²) in [5.41, 5.74) is 1.64. The predicted octanol–water partition coefficient (Wildman–Crippen LogP) is 2.93. The highest BCUT2D eigenvalue weighted by Crippen LogP contribution is 2.39. The lowest BCUT2D eigenvalue weighted by molar-refractivity contribution is -0.130. The van der Waals surface area contributed by atoms with Crippen LogP contribution in [-0.2, 0) is 9.53 Å². The Morgan fingerprint density at radius 1 is 1.10 bits per heavy atom. The molecule has 1 saturated heterocycles. The number of piperazine rings is 1. The third kappa shape index (κ3) is 6.86. The Balaban J connectivity index is 1.46. The van der Waals surface area contributed by atoms with Gasteiger partial charge in [-0.05, 0) is 71.1 Å². The van der Waals surface area contributed by atoms with E-state index in [4.69, 9.17) is 4.74 Å². The van der Waals surface area contributed by atoms with Gasteiger partial charge in [-0.3, -0.25) is 4.79 Å². The molecule has 2 N–H and O–H groups in total. The lowest BCUT2D eigenvalue weighted by atomic mass is 9.95. The molecule has 172 valence electrons. The van der Waals surface area contributed by atoms with Gasteiger partial charge < -0.3 is 25.2 Å². The van der Waals surface area contributed by atoms with Crippen molar-refractivity contribution in [2.24, 2.45) is 5.92 Å². The van der Waals surface area contributed by atoms with Gasteiger partial charge in [0.1, 0.15) is 5.60 Å². The lowest BCUT2D eigenvalue weighted by Crippen LogP contribution is -2.57. The molecule has 1 atom stereocenters. The van der Waals surface area contributed by atoms with Crippen molar-refractivity contribution in [2.45, 2.75) is 58.6 Å². The summed E-state index contributed by atoms with van der Waals surface area (Å²) >= 11 is 0. The largest absolute Gasteiger partial charge is 0.444 e. The van der Waals surface area contributed by atoms with Gasteiger partial charge in [-0.1, -0.05) is 12.1 Å². The van der Waals surface area contributed by atoms with E-state index in [1.165, 1.54) is 11.3 Å². The van der Waals surface area contributed by atoms with Crippen molar-refractivity contribution in [3.05, 3.63) is 29.8 Å². The monoisotopic (exact) mass is 430 g/mol. The van der Waals surface area contributed by atoms with E-state index in [1.807, 2.05) is 25.7 Å². The van der Waals surface area contributed by atoms with Gasteiger partial charge in [0.25, 0.3) is 0 Å². The van der Waals surface area contributed by atoms with Crippen LogP contribution in [0.3, 0.4) is 0 Å². The molecule has 0 bridgehead atoms. The summed E-state index contributed by atoms with van der Waals surface area (Å²) in [5, 5.41) is 6.33. The minimum absolute atomic E-state index is 0.119. The molecule has 1 unspecified atom stereocenters. The topological polar surface area (TPSA) is 73.9 Å². The highest BCUT2D eigenvalue weighted by molar-refractivity contribution is 5.78. The van der Waals surface area contributed by atoms with Crippen LogP contribution in [0, 0.1) is 12.8 Å². The van der Waals surface area contributed by atoms with Gasteiger partial charge in [-0.25, -0.2) is 4.79 Å². The number of rotatable bonds is 7. The average Bonchev–Trinajstić information content (AvgIpc) is 3.55. The zero-order valence-electron chi connectivity index (χ0n) is 19.7. The van der Waals surface area contributed by atoms with Crippen LogP contribution in [-0.4, -0.2) is 67.3 Å². The average molecular weight is 431 g/mol. The maximum absolute atomic E-state index is 12.8. The minimum atomic E-state index is -0.524. The number of carbonyl (C=O) groups excluding carboxylic acids is 2. The number of amides is 2. The van der Waals surface area contributed by atoms with Crippen molar-refractivity contribution >= 4 is 17.7 Å². The van der Waals surface area contributed by atoms with Crippen molar-refractivity contribution in [2.75, 3.05) is 44.2 Å². The zero-order chi connectivity index (χ0) is 22.6. The van der Waals surface area contributed by atoms with Crippen LogP contribution in [0.1, 0.15) is 46.1 Å². The molecule has 1 aromatic carbocycles. The fraction of sp³-hybridized carbons (Fsp3) is 0.667. The Hall–Kier alpha value is -2.28. The van der Waals surface area contributed by atoms with Crippen LogP contribution >= 0.6 is 0 Å². The van der Waals surface area contributed by atoms with Gasteiger partial charge in [0.05, 0.1) is 6.54 Å². The van der Waals surface area contributed by atoms with E-state index in [2.05, 4.69) is 53.6 Å². The molecule has 3 rings (SSSR count). The summed E-state index contributed by atoms with van der Waals surface area (Å²) in [6.07, 6.45) is 1.81. The van der Waals surface area contributed by atoms with E-state index >= 15 is 0 Å². The van der Waals surface area contributed by atoms with E-state index in [9.17, 15) is 9.59 Å². The molecule has 0 spiro atoms. The molecule has 2 amide bonds. The van der Waals surface area contributed by atoms with Crippen LogP contribution in [0.15, 0.2) is 24.3 Å². The normalized spacial score (nSPS) is 19.0. The molecular formula is C24H38N4O3. The molecule has 2 aliphatic rings. The molecule has 0 radical (unpaired) electrons. The maximum Gasteiger partial charge on any atom is 0.407 e. The number of ether oxygens (including phenoxy) is 1. The van der Waals surface area contributed by atoms with E-state index in [-0.39, 0.29) is 18.0 Å². The molecular weight excluding hydrogens is 392 g/mol. The summed E-state index contributed by atoms with van der Waals surface area (Å²) in [6.45, 7) is 13.6. The summed E-state index contributed by atoms with van der Waals surface area (Å²) in [4.78, 5) is 29.2. The number of hydrogen-bond acceptors (Lipinski definition) is 5. The number of anilines is 1. The van der Waals surface area contributed by atoms with Gasteiger partial charge in [-0.15, -0.1) is 0 Å². The lowest BCUT2D eigenvalue weighted by Gasteiger charge is -2.37. The molecule has 0 aromatic heterocycles. The van der Waals surface area contributed by atoms with Gasteiger partial charge in [0.2, 0.25) is 5.91 Å². The van der Waals surface area contributed by atoms with Crippen molar-refractivity contribution in [3.8, 4) is 0 Å². The molecule has 1 aliphatic carbocycles. The third-order valence-corrected chi connectivity index (χ3v) is 6.12. The number of alkyl carbamates (subject to hydrolysis) is 1. The second kappa shape index (κ2) is 9.47. The highest BCUT2D eigenvalue weighted by atomic mass is 16.6. The Morgan fingerprint density at radius 2 is 1.77 bits per heavy atom. The number of carbonyl (C=O) groups is 2. The third-order valence-electron chi connectivity index (χ3n) is 6.12. The first-order valence-electron chi connectivity index (χ1n) is 11.4. The van der Waals surface area contributed by atoms with E-state index in [1.54, 1.807) is 0 Å². The number of nitrogens with zero attached hydrogens (tertiary/aromatic N) is 2. The van der Waals surface area contributed by atoms with Gasteiger partial charge in [0.15, 0.2) is 0 Å². The van der Waals surface area contributed by atoms with Crippen LogP contribution in [0.25, 0.3) is 0 Å². The molecule has 31 heavy (non-hydrogen) atoms. The van der Waals surface area contributed by atoms with Crippen molar-refractivity contribution in [1.82, 2.24) is 15.5 Å². The fourth-order valence-electron chi connectivity index (χ4n) is 4.07. The second-order valence-corrected chi connectivity index (χ2v) is 10.1. The molecule has 1 aromatic rings. The van der Waals surface area contributed by atoms with Crippen LogP contribution in [0.5, 0.6) is 0 Å². The van der Waals surface area contributed by atoms with Crippen LogP contribution in [0.4, 0.5) is 10.5 Å². The summed E-state index contributed by atoms with van der Waals surface area (Å²) in [7, 11) is 0. The van der Waals surface area contributed by atoms with Crippen molar-refractivity contribution in [3.63, 3.8) is 0 Å². The standard InChI is InChI=1S/C24H38N4O3/c1-18-7-6-8-20(15-18)27-11-13-28(14-12-27)21(29)16-26-24(5,19-9-10-19)17-25-22(30)31-23(2,3)4/h6-8,15,19,26H,9-14,16-17H2,1-5H3,(H,25,30). The van der Waals surface area contributed by atoms with E-state index in [0.717, 1.165) is 39.0 Å². The SMILES string of the molecule is Cc1cccc(N2CCN(C(=O)CNC(C)(CNC(=O)OC(C)(C)C)C3CC3)CC2)c1. The first-order valence-corrected chi connectivity index (χ1v) is 11.4. The number of hydrogen-bond donors (Lipinski definition) is 2. The van der Waals surface area contributed by atoms with Gasteiger partial charge in [0, 0.05) is 44.0 Å². The quantitative estimate of drug-likeness (QED) is 0.696. The number of aryl methyl sites for hydroxylation is 1. The Morgan fingerprint density at radius 3 is 2.35 bits per heavy atom. The molecule has 7 heteroatoms. The predicted molar refractivity (Wildman–Crippen MR) is 123 cm³/mol. The second-order valence-electron chi connectivity index (χ2n) is 10.1. The Kier molecular flexibility index (Phi) is 7.14. The van der Waals surface area contributed by atoms with Crippen LogP contribution in [0.2, 0.25) is 0 Å². The molecule has 1 aliphatic heterocycles. The molecule has 2 fully saturated rings. The zero-order valence-corrected chi connectivity index (χ0v) is 19.7. The van der Waals surface area contributed by atoms with Crippen molar-refractivity contribution in [1.29, 1.82) is 0 Å². The number of nitrogens with one attached hydrogen (secondary N) is 2. The maximum atomic E-state index is 12.8. The summed E-state index contributed by atoms with van der Waals surface area (Å²) in [6, 6.07) is 8.50. The van der Waals surface area contributed by atoms with Crippen molar-refractivity contribution < 1.29 is 14.3 Å². The number of benzene rings is 1. The van der Waals surface area contributed by atoms with E-state index < -0.39 is 11.7 Å². The minimum Gasteiger partial charge on any atom is -0.444 e. The summed E-state index contributed by atoms with van der Waals surface area (Å²) in [5.74, 6) is 0.585. The fourth-order valence-corrected chi connectivity index (χ4v) is 4.07. The molecule has 1 saturated carbocycles. The Bertz CT molecular complexity index is 779. The molecule has 1 heterocycles. The highest BCUT2D eigenvalue weighted by Gasteiger charge is 2.42. The van der Waals surface area contributed by atoms with Crippen LogP contribution < -0.4 is 15.5 Å². The molecule has 7 nitrogen and oxygen atoms in total. The van der Waals surface area contributed by atoms with E-state index in [0.29, 0.717) is 12.5 Å². The van der Waals surface area contributed by atoms with Gasteiger partial charge in [-0.2, -0.15) is 0 Å². The smallest absolute Gasteiger partial charge is 0.407 e. The first kappa shape index (κ1) is 23.4. The summed E-state index contributed by atoms with van der Waals surface area (Å²) < 4.78 is 5.35. The van der Waals surface area contributed by atoms with Gasteiger partial charge >= 0.3 is 6.09 Å². The first-order chi connectivity index (χ1) is 14.6. The Labute approximate surface area is 186 Å².